The lowest BCUT2D eigenvalue weighted by Crippen LogP contribution is -2.50. The molecule has 0 heterocycles. The van der Waals surface area contributed by atoms with Crippen LogP contribution in [0.15, 0.2) is 54.6 Å². The van der Waals surface area contributed by atoms with Crippen LogP contribution in [0, 0.1) is 0 Å². The lowest BCUT2D eigenvalue weighted by Gasteiger charge is -2.27. The molecule has 1 N–H and O–H groups in total. The van der Waals surface area contributed by atoms with Crippen molar-refractivity contribution in [2.75, 3.05) is 7.11 Å². The van der Waals surface area contributed by atoms with Gasteiger partial charge >= 0.3 is 5.97 Å². The van der Waals surface area contributed by atoms with Crippen LogP contribution in [0.4, 0.5) is 0 Å². The van der Waals surface area contributed by atoms with Crippen molar-refractivity contribution in [2.24, 2.45) is 0 Å². The van der Waals surface area contributed by atoms with Gasteiger partial charge in [0.25, 0.3) is 0 Å². The molecule has 0 saturated heterocycles. The Kier molecular flexibility index (Phi) is 4.77. The second-order valence-corrected chi connectivity index (χ2v) is 6.20. The number of hydrogen-bond donors (Lipinski definition) is 1. The van der Waals surface area contributed by atoms with E-state index in [4.69, 9.17) is 4.74 Å². The highest BCUT2D eigenvalue weighted by Gasteiger charge is 2.41. The standard InChI is InChI=1S/C20H23NO2/c1-23-19(22)20(13-5-6-14-20)21-15-16-9-11-18(12-10-16)17-7-3-2-4-8-17/h2-4,7-12,21H,5-6,13-15H2,1H3. The Bertz CT molecular complexity index is 643. The summed E-state index contributed by atoms with van der Waals surface area (Å²) in [6, 6.07) is 18.8. The van der Waals surface area contributed by atoms with Crippen LogP contribution in [0.1, 0.15) is 31.2 Å². The number of nitrogens with one attached hydrogen (secondary N) is 1. The van der Waals surface area contributed by atoms with Crippen LogP contribution in [-0.4, -0.2) is 18.6 Å². The Morgan fingerprint density at radius 3 is 2.22 bits per heavy atom. The third kappa shape index (κ3) is 3.45. The first kappa shape index (κ1) is 15.8. The summed E-state index contributed by atoms with van der Waals surface area (Å²) in [5, 5.41) is 3.45. The fraction of sp³-hybridized carbons (Fsp3) is 0.350. The third-order valence-corrected chi connectivity index (χ3v) is 4.73. The average molecular weight is 309 g/mol. The van der Waals surface area contributed by atoms with Crippen molar-refractivity contribution in [3.05, 3.63) is 60.2 Å². The molecular weight excluding hydrogens is 286 g/mol. The van der Waals surface area contributed by atoms with Gasteiger partial charge in [-0.25, -0.2) is 0 Å². The maximum absolute atomic E-state index is 12.1. The van der Waals surface area contributed by atoms with Crippen LogP contribution in [0.3, 0.4) is 0 Å². The highest BCUT2D eigenvalue weighted by Crippen LogP contribution is 2.31. The molecule has 1 saturated carbocycles. The minimum atomic E-state index is -0.493. The summed E-state index contributed by atoms with van der Waals surface area (Å²) in [6.45, 7) is 0.685. The predicted molar refractivity (Wildman–Crippen MR) is 91.9 cm³/mol. The number of benzene rings is 2. The van der Waals surface area contributed by atoms with Gasteiger partial charge in [0.1, 0.15) is 5.54 Å². The SMILES string of the molecule is COC(=O)C1(NCc2ccc(-c3ccccc3)cc2)CCCC1. The molecule has 120 valence electrons. The van der Waals surface area contributed by atoms with Gasteiger partial charge in [-0.2, -0.15) is 0 Å². The Morgan fingerprint density at radius 1 is 1.00 bits per heavy atom. The molecule has 0 atom stereocenters. The van der Waals surface area contributed by atoms with Gasteiger partial charge in [-0.15, -0.1) is 0 Å². The summed E-state index contributed by atoms with van der Waals surface area (Å²) in [7, 11) is 1.47. The molecule has 1 aliphatic carbocycles. The van der Waals surface area contributed by atoms with E-state index >= 15 is 0 Å². The van der Waals surface area contributed by atoms with Crippen LogP contribution < -0.4 is 5.32 Å². The number of methoxy groups -OCH3 is 1. The van der Waals surface area contributed by atoms with Crippen molar-refractivity contribution in [3.63, 3.8) is 0 Å². The number of esters is 1. The van der Waals surface area contributed by atoms with Crippen molar-refractivity contribution in [2.45, 2.75) is 37.8 Å². The summed E-state index contributed by atoms with van der Waals surface area (Å²) < 4.78 is 5.00. The molecule has 3 heteroatoms. The highest BCUT2D eigenvalue weighted by molar-refractivity contribution is 5.81. The lowest BCUT2D eigenvalue weighted by atomic mass is 9.97. The molecule has 0 amide bonds. The van der Waals surface area contributed by atoms with Gasteiger partial charge in [0, 0.05) is 6.54 Å². The van der Waals surface area contributed by atoms with Crippen LogP contribution in [0.2, 0.25) is 0 Å². The number of carbonyl (C=O) groups is 1. The molecule has 2 aromatic carbocycles. The zero-order chi connectivity index (χ0) is 16.1. The van der Waals surface area contributed by atoms with Crippen LogP contribution in [0.25, 0.3) is 11.1 Å². The third-order valence-electron chi connectivity index (χ3n) is 4.73. The Balaban J connectivity index is 1.68. The van der Waals surface area contributed by atoms with Crippen molar-refractivity contribution in [3.8, 4) is 11.1 Å². The number of rotatable bonds is 5. The second-order valence-electron chi connectivity index (χ2n) is 6.20. The molecule has 23 heavy (non-hydrogen) atoms. The fourth-order valence-electron chi connectivity index (χ4n) is 3.34. The largest absolute Gasteiger partial charge is 0.468 e. The normalized spacial score (nSPS) is 16.2. The summed E-state index contributed by atoms with van der Waals surface area (Å²) in [5.74, 6) is -0.129. The van der Waals surface area contributed by atoms with E-state index in [1.807, 2.05) is 18.2 Å². The van der Waals surface area contributed by atoms with Gasteiger partial charge in [-0.1, -0.05) is 67.4 Å². The van der Waals surface area contributed by atoms with Crippen molar-refractivity contribution >= 4 is 5.97 Å². The maximum atomic E-state index is 12.1. The number of ether oxygens (including phenoxy) is 1. The van der Waals surface area contributed by atoms with E-state index in [0.29, 0.717) is 6.54 Å². The second kappa shape index (κ2) is 6.97. The monoisotopic (exact) mass is 309 g/mol. The molecular formula is C20H23NO2. The molecule has 0 bridgehead atoms. The quantitative estimate of drug-likeness (QED) is 0.851. The summed E-state index contributed by atoms with van der Waals surface area (Å²) in [5.41, 5.74) is 3.11. The van der Waals surface area contributed by atoms with Gasteiger partial charge in [0.2, 0.25) is 0 Å². The first-order valence-electron chi connectivity index (χ1n) is 8.21. The van der Waals surface area contributed by atoms with Crippen LogP contribution in [0.5, 0.6) is 0 Å². The minimum absolute atomic E-state index is 0.129. The molecule has 0 spiro atoms. The topological polar surface area (TPSA) is 38.3 Å². The molecule has 1 aliphatic rings. The zero-order valence-electron chi connectivity index (χ0n) is 13.5. The molecule has 3 nitrogen and oxygen atoms in total. The van der Waals surface area contributed by atoms with Crippen molar-refractivity contribution in [1.82, 2.24) is 5.32 Å². The molecule has 0 unspecified atom stereocenters. The molecule has 0 aliphatic heterocycles. The van der Waals surface area contributed by atoms with Gasteiger partial charge in [-0.3, -0.25) is 10.1 Å². The molecule has 2 aromatic rings. The van der Waals surface area contributed by atoms with Gasteiger partial charge < -0.3 is 4.74 Å². The number of hydrogen-bond acceptors (Lipinski definition) is 3. The molecule has 0 aromatic heterocycles. The van der Waals surface area contributed by atoms with Gasteiger partial charge in [0.15, 0.2) is 0 Å². The summed E-state index contributed by atoms with van der Waals surface area (Å²) in [6.07, 6.45) is 3.88. The highest BCUT2D eigenvalue weighted by atomic mass is 16.5. The van der Waals surface area contributed by atoms with Crippen molar-refractivity contribution < 1.29 is 9.53 Å². The van der Waals surface area contributed by atoms with Gasteiger partial charge in [0.05, 0.1) is 7.11 Å². The van der Waals surface area contributed by atoms with E-state index in [2.05, 4.69) is 41.7 Å². The summed E-state index contributed by atoms with van der Waals surface area (Å²) >= 11 is 0. The van der Waals surface area contributed by atoms with E-state index in [1.54, 1.807) is 0 Å². The lowest BCUT2D eigenvalue weighted by molar-refractivity contribution is -0.148. The molecule has 1 fully saturated rings. The van der Waals surface area contributed by atoms with Gasteiger partial charge in [-0.05, 0) is 29.5 Å². The summed E-state index contributed by atoms with van der Waals surface area (Å²) in [4.78, 5) is 12.1. The van der Waals surface area contributed by atoms with E-state index in [1.165, 1.54) is 23.8 Å². The van der Waals surface area contributed by atoms with E-state index in [-0.39, 0.29) is 5.97 Å². The minimum Gasteiger partial charge on any atom is -0.468 e. The van der Waals surface area contributed by atoms with Crippen LogP contribution in [-0.2, 0) is 16.1 Å². The Morgan fingerprint density at radius 2 is 1.61 bits per heavy atom. The smallest absolute Gasteiger partial charge is 0.326 e. The first-order valence-corrected chi connectivity index (χ1v) is 8.21. The van der Waals surface area contributed by atoms with E-state index < -0.39 is 5.54 Å². The zero-order valence-corrected chi connectivity index (χ0v) is 13.5. The Labute approximate surface area is 137 Å². The maximum Gasteiger partial charge on any atom is 0.326 e. The average Bonchev–Trinajstić information content (AvgIpc) is 3.11. The first-order chi connectivity index (χ1) is 11.2. The fourth-order valence-corrected chi connectivity index (χ4v) is 3.34. The number of carbonyl (C=O) groups excluding carboxylic acids is 1. The van der Waals surface area contributed by atoms with Crippen molar-refractivity contribution in [1.29, 1.82) is 0 Å². The van der Waals surface area contributed by atoms with Crippen LogP contribution >= 0.6 is 0 Å². The molecule has 0 radical (unpaired) electrons. The van der Waals surface area contributed by atoms with E-state index in [9.17, 15) is 4.79 Å². The van der Waals surface area contributed by atoms with E-state index in [0.717, 1.165) is 25.7 Å². The Hall–Kier alpha value is -2.13. The predicted octanol–water partition coefficient (Wildman–Crippen LogP) is 3.93. The molecule has 3 rings (SSSR count).